The van der Waals surface area contributed by atoms with Crippen molar-refractivity contribution in [3.63, 3.8) is 0 Å². The zero-order chi connectivity index (χ0) is 22.4. The molecular weight excluding hydrogens is 400 g/mol. The number of urea groups is 1. The van der Waals surface area contributed by atoms with Crippen molar-refractivity contribution in [1.29, 1.82) is 0 Å². The van der Waals surface area contributed by atoms with E-state index in [0.29, 0.717) is 39.0 Å². The molecule has 3 amide bonds. The second kappa shape index (κ2) is 10.2. The first-order valence-electron chi connectivity index (χ1n) is 11.7. The monoisotopic (exact) mass is 434 g/mol. The van der Waals surface area contributed by atoms with Gasteiger partial charge in [-0.05, 0) is 56.1 Å². The van der Waals surface area contributed by atoms with Crippen LogP contribution in [0.15, 0.2) is 54.6 Å². The third-order valence-corrected chi connectivity index (χ3v) is 6.96. The van der Waals surface area contributed by atoms with Crippen molar-refractivity contribution in [2.75, 3.05) is 33.2 Å². The Kier molecular flexibility index (Phi) is 7.10. The van der Waals surface area contributed by atoms with Crippen molar-refractivity contribution in [2.24, 2.45) is 0 Å². The Morgan fingerprint density at radius 1 is 0.906 bits per heavy atom. The highest BCUT2D eigenvalue weighted by molar-refractivity contribution is 5.77. The third kappa shape index (κ3) is 5.30. The predicted octanol–water partition coefficient (Wildman–Crippen LogP) is 3.27. The molecule has 2 aliphatic rings. The van der Waals surface area contributed by atoms with E-state index < -0.39 is 0 Å². The van der Waals surface area contributed by atoms with Crippen molar-refractivity contribution >= 4 is 11.9 Å². The molecule has 4 rings (SSSR count). The quantitative estimate of drug-likeness (QED) is 0.658. The summed E-state index contributed by atoms with van der Waals surface area (Å²) in [7, 11) is 2.15. The average Bonchev–Trinajstić information content (AvgIpc) is 3.27. The summed E-state index contributed by atoms with van der Waals surface area (Å²) in [4.78, 5) is 29.2. The molecule has 0 spiro atoms. The van der Waals surface area contributed by atoms with Crippen molar-refractivity contribution in [3.8, 4) is 0 Å². The molecule has 6 heteroatoms. The highest BCUT2D eigenvalue weighted by Gasteiger charge is 2.35. The van der Waals surface area contributed by atoms with Gasteiger partial charge in [-0.1, -0.05) is 54.6 Å². The van der Waals surface area contributed by atoms with Crippen LogP contribution in [0, 0.1) is 0 Å². The van der Waals surface area contributed by atoms with Gasteiger partial charge >= 0.3 is 6.03 Å². The van der Waals surface area contributed by atoms with Gasteiger partial charge in [0.2, 0.25) is 5.91 Å². The predicted molar refractivity (Wildman–Crippen MR) is 126 cm³/mol. The van der Waals surface area contributed by atoms with Gasteiger partial charge in [0.25, 0.3) is 0 Å². The molecule has 2 aliphatic heterocycles. The molecule has 2 N–H and O–H groups in total. The van der Waals surface area contributed by atoms with Crippen LogP contribution in [-0.2, 0) is 23.3 Å². The maximum absolute atomic E-state index is 12.5. The van der Waals surface area contributed by atoms with E-state index in [1.807, 2.05) is 23.1 Å². The zero-order valence-corrected chi connectivity index (χ0v) is 19.0. The molecular formula is C26H34N4O2. The van der Waals surface area contributed by atoms with E-state index >= 15 is 0 Å². The highest BCUT2D eigenvalue weighted by Crippen LogP contribution is 2.34. The van der Waals surface area contributed by atoms with E-state index in [0.717, 1.165) is 25.9 Å². The SMILES string of the molecule is CN1CCC(CNC(=O)NCCCC(=O)N2Cc3ccccc3C2)(c2ccccc2)CC1. The van der Waals surface area contributed by atoms with E-state index in [4.69, 9.17) is 0 Å². The number of benzene rings is 2. The van der Waals surface area contributed by atoms with Gasteiger partial charge in [0.15, 0.2) is 0 Å². The Morgan fingerprint density at radius 2 is 1.53 bits per heavy atom. The summed E-state index contributed by atoms with van der Waals surface area (Å²) in [6.45, 7) is 4.57. The van der Waals surface area contributed by atoms with E-state index in [1.54, 1.807) is 0 Å². The molecule has 1 saturated heterocycles. The second-order valence-corrected chi connectivity index (χ2v) is 9.18. The lowest BCUT2D eigenvalue weighted by Crippen LogP contribution is -2.50. The van der Waals surface area contributed by atoms with Crippen LogP contribution in [0.5, 0.6) is 0 Å². The van der Waals surface area contributed by atoms with Gasteiger partial charge < -0.3 is 20.4 Å². The molecule has 0 aliphatic carbocycles. The Balaban J connectivity index is 1.20. The largest absolute Gasteiger partial charge is 0.338 e. The molecule has 0 aromatic heterocycles. The zero-order valence-electron chi connectivity index (χ0n) is 19.0. The molecule has 1 fully saturated rings. The summed E-state index contributed by atoms with van der Waals surface area (Å²) in [6.07, 6.45) is 3.16. The van der Waals surface area contributed by atoms with E-state index in [1.165, 1.54) is 16.7 Å². The number of likely N-dealkylation sites (tertiary alicyclic amines) is 1. The van der Waals surface area contributed by atoms with Gasteiger partial charge in [0, 0.05) is 38.0 Å². The summed E-state index contributed by atoms with van der Waals surface area (Å²) < 4.78 is 0. The van der Waals surface area contributed by atoms with Crippen LogP contribution in [0.3, 0.4) is 0 Å². The van der Waals surface area contributed by atoms with Gasteiger partial charge in [-0.2, -0.15) is 0 Å². The van der Waals surface area contributed by atoms with Gasteiger partial charge in [0.1, 0.15) is 0 Å². The summed E-state index contributed by atoms with van der Waals surface area (Å²) in [5, 5.41) is 6.03. The number of carbonyl (C=O) groups excluding carboxylic acids is 2. The fourth-order valence-corrected chi connectivity index (χ4v) is 4.83. The Hall–Kier alpha value is -2.86. The molecule has 6 nitrogen and oxygen atoms in total. The van der Waals surface area contributed by atoms with Gasteiger partial charge in [-0.25, -0.2) is 4.79 Å². The Morgan fingerprint density at radius 3 is 2.19 bits per heavy atom. The third-order valence-electron chi connectivity index (χ3n) is 6.96. The van der Waals surface area contributed by atoms with Crippen LogP contribution < -0.4 is 10.6 Å². The first kappa shape index (κ1) is 22.3. The first-order chi connectivity index (χ1) is 15.6. The number of hydrogen-bond acceptors (Lipinski definition) is 3. The van der Waals surface area contributed by atoms with Crippen molar-refractivity contribution in [3.05, 3.63) is 71.3 Å². The fourth-order valence-electron chi connectivity index (χ4n) is 4.83. The molecule has 170 valence electrons. The van der Waals surface area contributed by atoms with Gasteiger partial charge in [-0.15, -0.1) is 0 Å². The van der Waals surface area contributed by atoms with E-state index in [2.05, 4.69) is 59.0 Å². The molecule has 0 radical (unpaired) electrons. The van der Waals surface area contributed by atoms with Crippen LogP contribution in [0.25, 0.3) is 0 Å². The first-order valence-corrected chi connectivity index (χ1v) is 11.7. The van der Waals surface area contributed by atoms with Crippen molar-refractivity contribution in [1.82, 2.24) is 20.4 Å². The minimum absolute atomic E-state index is 0.0220. The minimum Gasteiger partial charge on any atom is -0.338 e. The van der Waals surface area contributed by atoms with Crippen LogP contribution in [0.2, 0.25) is 0 Å². The summed E-state index contributed by atoms with van der Waals surface area (Å²) >= 11 is 0. The number of piperidine rings is 1. The molecule has 2 aromatic rings. The molecule has 32 heavy (non-hydrogen) atoms. The number of rotatable bonds is 7. The van der Waals surface area contributed by atoms with E-state index in [-0.39, 0.29) is 17.4 Å². The second-order valence-electron chi connectivity index (χ2n) is 9.18. The van der Waals surface area contributed by atoms with Crippen molar-refractivity contribution < 1.29 is 9.59 Å². The van der Waals surface area contributed by atoms with Crippen LogP contribution in [0.1, 0.15) is 42.4 Å². The number of nitrogens with one attached hydrogen (secondary N) is 2. The van der Waals surface area contributed by atoms with Crippen molar-refractivity contribution in [2.45, 2.75) is 44.2 Å². The van der Waals surface area contributed by atoms with E-state index in [9.17, 15) is 9.59 Å². The summed E-state index contributed by atoms with van der Waals surface area (Å²) in [6, 6.07) is 18.6. The Bertz CT molecular complexity index is 897. The van der Waals surface area contributed by atoms with Crippen LogP contribution in [0.4, 0.5) is 4.79 Å². The van der Waals surface area contributed by atoms with Gasteiger partial charge in [-0.3, -0.25) is 4.79 Å². The smallest absolute Gasteiger partial charge is 0.314 e. The topological polar surface area (TPSA) is 64.7 Å². The fraction of sp³-hybridized carbons (Fsp3) is 0.462. The van der Waals surface area contributed by atoms with Gasteiger partial charge in [0.05, 0.1) is 0 Å². The average molecular weight is 435 g/mol. The summed E-state index contributed by atoms with van der Waals surface area (Å²) in [5.41, 5.74) is 3.75. The molecule has 2 heterocycles. The number of amides is 3. The normalized spacial score (nSPS) is 17.6. The number of carbonyl (C=O) groups is 2. The molecule has 0 atom stereocenters. The lowest BCUT2D eigenvalue weighted by molar-refractivity contribution is -0.131. The lowest BCUT2D eigenvalue weighted by Gasteiger charge is -2.41. The minimum atomic E-state index is -0.153. The molecule has 0 bridgehead atoms. The standard InChI is InChI=1S/C26H34N4O2/c1-29-16-13-26(14-17-29,23-10-3-2-4-11-23)20-28-25(32)27-15-7-12-24(31)30-18-21-8-5-6-9-22(21)19-30/h2-6,8-11H,7,12-20H2,1H3,(H2,27,28,32). The lowest BCUT2D eigenvalue weighted by atomic mass is 9.72. The maximum Gasteiger partial charge on any atom is 0.314 e. The van der Waals surface area contributed by atoms with Crippen LogP contribution >= 0.6 is 0 Å². The Labute approximate surface area is 191 Å². The summed E-state index contributed by atoms with van der Waals surface area (Å²) in [5.74, 6) is 0.151. The highest BCUT2D eigenvalue weighted by atomic mass is 16.2. The molecule has 2 aromatic carbocycles. The number of fused-ring (bicyclic) bond motifs is 1. The van der Waals surface area contributed by atoms with Crippen LogP contribution in [-0.4, -0.2) is 55.0 Å². The molecule has 0 saturated carbocycles. The maximum atomic E-state index is 12.5. The number of nitrogens with zero attached hydrogens (tertiary/aromatic N) is 2. The number of hydrogen-bond donors (Lipinski definition) is 2. The molecule has 0 unspecified atom stereocenters.